The van der Waals surface area contributed by atoms with Crippen molar-refractivity contribution in [3.05, 3.63) is 72.7 Å². The summed E-state index contributed by atoms with van der Waals surface area (Å²) in [6.07, 6.45) is 11.5. The van der Waals surface area contributed by atoms with Gasteiger partial charge in [0.15, 0.2) is 5.69 Å². The van der Waals surface area contributed by atoms with Gasteiger partial charge in [0.2, 0.25) is 0 Å². The number of benzene rings is 1. The fraction of sp³-hybridized carbons (Fsp3) is 0.0526. The summed E-state index contributed by atoms with van der Waals surface area (Å²) in [5.74, 6) is -0.332. The van der Waals surface area contributed by atoms with Crippen LogP contribution in [0.25, 0.3) is 22.0 Å². The molecule has 0 aliphatic rings. The van der Waals surface area contributed by atoms with E-state index in [2.05, 4.69) is 30.8 Å². The van der Waals surface area contributed by atoms with Crippen LogP contribution in [0, 0.1) is 0 Å². The Balaban J connectivity index is 1.50. The molecule has 10 heteroatoms. The Morgan fingerprint density at radius 2 is 2.17 bits per heavy atom. The molecule has 3 aromatic heterocycles. The van der Waals surface area contributed by atoms with Crippen molar-refractivity contribution < 1.29 is 4.79 Å². The molecular formula is C19H19N9O. The normalized spacial score (nSPS) is 12.1. The van der Waals surface area contributed by atoms with E-state index in [0.29, 0.717) is 23.6 Å². The Labute approximate surface area is 165 Å². The topological polar surface area (TPSA) is 156 Å². The van der Waals surface area contributed by atoms with Gasteiger partial charge in [0, 0.05) is 29.0 Å². The number of carbonyl (C=O) groups excluding carboxylic acids is 1. The quantitative estimate of drug-likeness (QED) is 0.316. The minimum Gasteiger partial charge on any atom is -0.405 e. The molecule has 1 amide bonds. The molecule has 4 rings (SSSR count). The highest BCUT2D eigenvalue weighted by Crippen LogP contribution is 2.24. The van der Waals surface area contributed by atoms with Crippen molar-refractivity contribution in [2.75, 3.05) is 5.32 Å². The van der Waals surface area contributed by atoms with E-state index in [1.807, 2.05) is 18.2 Å². The van der Waals surface area contributed by atoms with Crippen LogP contribution in [0.15, 0.2) is 67.0 Å². The molecule has 0 spiro atoms. The maximum absolute atomic E-state index is 12.7. The number of nitrogens with one attached hydrogen (secondary N) is 3. The van der Waals surface area contributed by atoms with Crippen molar-refractivity contribution in [2.45, 2.75) is 6.54 Å². The Hall–Kier alpha value is -4.34. The number of anilines is 1. The van der Waals surface area contributed by atoms with E-state index in [9.17, 15) is 4.79 Å². The van der Waals surface area contributed by atoms with E-state index >= 15 is 0 Å². The minimum absolute atomic E-state index is 0.305. The maximum atomic E-state index is 12.7. The molecule has 0 atom stereocenters. The van der Waals surface area contributed by atoms with Crippen molar-refractivity contribution in [2.24, 2.45) is 11.5 Å². The predicted octanol–water partition coefficient (Wildman–Crippen LogP) is 1.72. The summed E-state index contributed by atoms with van der Waals surface area (Å²) in [7, 11) is 0. The number of aromatic nitrogens is 6. The van der Waals surface area contributed by atoms with Crippen LogP contribution >= 0.6 is 0 Å². The van der Waals surface area contributed by atoms with Crippen LogP contribution in [-0.2, 0) is 6.54 Å². The summed E-state index contributed by atoms with van der Waals surface area (Å²) in [5, 5.41) is 21.5. The van der Waals surface area contributed by atoms with E-state index < -0.39 is 0 Å². The van der Waals surface area contributed by atoms with Crippen LogP contribution in [0.4, 0.5) is 5.69 Å². The van der Waals surface area contributed by atoms with Gasteiger partial charge in [-0.1, -0.05) is 6.07 Å². The highest BCUT2D eigenvalue weighted by atomic mass is 16.2. The summed E-state index contributed by atoms with van der Waals surface area (Å²) in [4.78, 5) is 12.7. The van der Waals surface area contributed by atoms with Gasteiger partial charge < -0.3 is 16.8 Å². The number of nitrogens with zero attached hydrogens (tertiary/aromatic N) is 4. The molecule has 1 aromatic carbocycles. The van der Waals surface area contributed by atoms with Crippen LogP contribution in [-0.4, -0.2) is 36.1 Å². The van der Waals surface area contributed by atoms with E-state index in [4.69, 9.17) is 11.5 Å². The van der Waals surface area contributed by atoms with E-state index in [0.717, 1.165) is 22.0 Å². The summed E-state index contributed by atoms with van der Waals surface area (Å²) in [6.45, 7) is 0.377. The molecule has 10 nitrogen and oxygen atoms in total. The van der Waals surface area contributed by atoms with E-state index in [1.165, 1.54) is 6.20 Å². The van der Waals surface area contributed by atoms with Crippen LogP contribution in [0.2, 0.25) is 0 Å². The molecule has 3 heterocycles. The molecule has 0 aliphatic heterocycles. The fourth-order valence-corrected chi connectivity index (χ4v) is 2.90. The minimum atomic E-state index is -0.332. The molecule has 0 bridgehead atoms. The smallest absolute Gasteiger partial charge is 0.276 e. The zero-order valence-electron chi connectivity index (χ0n) is 15.3. The summed E-state index contributed by atoms with van der Waals surface area (Å²) < 4.78 is 1.62. The lowest BCUT2D eigenvalue weighted by molar-refractivity contribution is 0.102. The molecule has 0 saturated heterocycles. The van der Waals surface area contributed by atoms with Crippen LogP contribution in [0.3, 0.4) is 0 Å². The average Bonchev–Trinajstić information content (AvgIpc) is 3.46. The monoisotopic (exact) mass is 389 g/mol. The lowest BCUT2D eigenvalue weighted by Crippen LogP contribution is -2.12. The lowest BCUT2D eigenvalue weighted by Gasteiger charge is -2.02. The van der Waals surface area contributed by atoms with Gasteiger partial charge in [-0.2, -0.15) is 15.3 Å². The van der Waals surface area contributed by atoms with Gasteiger partial charge in [0.05, 0.1) is 30.1 Å². The van der Waals surface area contributed by atoms with Crippen LogP contribution < -0.4 is 16.8 Å². The molecular weight excluding hydrogens is 370 g/mol. The first-order valence-electron chi connectivity index (χ1n) is 8.78. The maximum Gasteiger partial charge on any atom is 0.276 e. The van der Waals surface area contributed by atoms with Gasteiger partial charge in [-0.25, -0.2) is 0 Å². The Morgan fingerprint density at radius 1 is 1.28 bits per heavy atom. The first-order valence-corrected chi connectivity index (χ1v) is 8.78. The second-order valence-electron chi connectivity index (χ2n) is 6.33. The van der Waals surface area contributed by atoms with Gasteiger partial charge in [-0.05, 0) is 36.0 Å². The standard InChI is InChI=1S/C19H19N9O/c20-5-1-2-14(21)10-28-11-15(9-24-28)25-19(29)18-16-4-3-12(6-17(16)26-27-18)13-7-22-23-8-13/h1-9,11H,10,20-21H2,(H,22,23)(H,25,29)(H,26,27)/b5-1-,14-2-. The molecule has 0 radical (unpaired) electrons. The van der Waals surface area contributed by atoms with Gasteiger partial charge in [0.25, 0.3) is 5.91 Å². The summed E-state index contributed by atoms with van der Waals surface area (Å²) in [5.41, 5.74) is 15.3. The third-order valence-corrected chi connectivity index (χ3v) is 4.27. The first kappa shape index (κ1) is 18.0. The molecule has 4 aromatic rings. The number of carbonyl (C=O) groups is 1. The molecule has 0 unspecified atom stereocenters. The number of aromatic amines is 2. The lowest BCUT2D eigenvalue weighted by atomic mass is 10.1. The van der Waals surface area contributed by atoms with Crippen LogP contribution in [0.1, 0.15) is 10.5 Å². The third kappa shape index (κ3) is 3.86. The van der Waals surface area contributed by atoms with Crippen molar-refractivity contribution in [3.8, 4) is 11.1 Å². The van der Waals surface area contributed by atoms with Crippen molar-refractivity contribution in [3.63, 3.8) is 0 Å². The van der Waals surface area contributed by atoms with Crippen LogP contribution in [0.5, 0.6) is 0 Å². The molecule has 29 heavy (non-hydrogen) atoms. The van der Waals surface area contributed by atoms with Gasteiger partial charge in [0.1, 0.15) is 0 Å². The third-order valence-electron chi connectivity index (χ3n) is 4.27. The van der Waals surface area contributed by atoms with Gasteiger partial charge in [-0.3, -0.25) is 19.7 Å². The van der Waals surface area contributed by atoms with Gasteiger partial charge in [-0.15, -0.1) is 0 Å². The zero-order chi connectivity index (χ0) is 20.2. The highest BCUT2D eigenvalue weighted by molar-refractivity contribution is 6.11. The largest absolute Gasteiger partial charge is 0.405 e. The predicted molar refractivity (Wildman–Crippen MR) is 109 cm³/mol. The number of fused-ring (bicyclic) bond motifs is 1. The summed E-state index contributed by atoms with van der Waals surface area (Å²) >= 11 is 0. The second-order valence-corrected chi connectivity index (χ2v) is 6.33. The first-order chi connectivity index (χ1) is 14.1. The second kappa shape index (κ2) is 7.72. The SMILES string of the molecule is N/C=C\C=C(/N)Cn1cc(NC(=O)c2n[nH]c3cc(-c4cn[nH]c4)ccc23)cn1. The Kier molecular flexibility index (Phi) is 4.81. The zero-order valence-corrected chi connectivity index (χ0v) is 15.3. The summed E-state index contributed by atoms with van der Waals surface area (Å²) in [6, 6.07) is 5.70. The van der Waals surface area contributed by atoms with Crippen molar-refractivity contribution >= 4 is 22.5 Å². The van der Waals surface area contributed by atoms with Gasteiger partial charge >= 0.3 is 0 Å². The number of rotatable bonds is 6. The van der Waals surface area contributed by atoms with E-state index in [-0.39, 0.29) is 5.91 Å². The number of H-pyrrole nitrogens is 2. The molecule has 0 aliphatic carbocycles. The molecule has 146 valence electrons. The number of hydrogen-bond donors (Lipinski definition) is 5. The molecule has 0 fully saturated rings. The Bertz CT molecular complexity index is 1200. The number of amides is 1. The van der Waals surface area contributed by atoms with E-state index in [1.54, 1.807) is 41.6 Å². The van der Waals surface area contributed by atoms with Crippen molar-refractivity contribution in [1.82, 2.24) is 30.2 Å². The highest BCUT2D eigenvalue weighted by Gasteiger charge is 2.16. The number of hydrogen-bond acceptors (Lipinski definition) is 6. The fourth-order valence-electron chi connectivity index (χ4n) is 2.90. The molecule has 0 saturated carbocycles. The van der Waals surface area contributed by atoms with Crippen molar-refractivity contribution in [1.29, 1.82) is 0 Å². The molecule has 7 N–H and O–H groups in total. The Morgan fingerprint density at radius 3 is 2.97 bits per heavy atom. The average molecular weight is 389 g/mol. The number of allylic oxidation sites excluding steroid dienone is 3. The number of nitrogens with two attached hydrogens (primary N) is 2.